The molecule has 0 unspecified atom stereocenters. The molecule has 0 aliphatic carbocycles. The first-order valence-corrected chi connectivity index (χ1v) is 10.9. The number of piperidine rings is 1. The molecule has 0 atom stereocenters. The van der Waals surface area contributed by atoms with E-state index in [-0.39, 0.29) is 11.8 Å². The molecule has 3 aromatic rings. The summed E-state index contributed by atoms with van der Waals surface area (Å²) < 4.78 is 0. The number of H-pyrrole nitrogens is 1. The van der Waals surface area contributed by atoms with E-state index in [1.54, 1.807) is 31.2 Å². The Bertz CT molecular complexity index is 1010. The first kappa shape index (κ1) is 20.4. The number of carbonyl (C=O) groups excluding carboxylic acids is 2. The van der Waals surface area contributed by atoms with E-state index in [9.17, 15) is 9.59 Å². The molecule has 2 aliphatic heterocycles. The summed E-state index contributed by atoms with van der Waals surface area (Å²) in [6.07, 6.45) is 4.82. The number of nitrogens with one attached hydrogen (secondary N) is 1. The van der Waals surface area contributed by atoms with E-state index < -0.39 is 0 Å². The van der Waals surface area contributed by atoms with Crippen LogP contribution in [0.4, 0.5) is 0 Å². The van der Waals surface area contributed by atoms with E-state index >= 15 is 0 Å². The highest BCUT2D eigenvalue weighted by Crippen LogP contribution is 2.32. The highest BCUT2D eigenvalue weighted by Gasteiger charge is 2.33. The fourth-order valence-corrected chi connectivity index (χ4v) is 4.52. The molecule has 1 fully saturated rings. The lowest BCUT2D eigenvalue weighted by molar-refractivity contribution is 0.0663. The van der Waals surface area contributed by atoms with Crippen molar-refractivity contribution in [2.45, 2.75) is 32.6 Å². The number of para-hydroxylation sites is 1. The Morgan fingerprint density at radius 3 is 2.07 bits per heavy atom. The fourth-order valence-electron chi connectivity index (χ4n) is 4.52. The lowest BCUT2D eigenvalue weighted by Gasteiger charge is -2.30. The zero-order chi connectivity index (χ0) is 21.1. The minimum atomic E-state index is -0.178. The topological polar surface area (TPSA) is 56.4 Å². The third-order valence-corrected chi connectivity index (χ3v) is 6.29. The van der Waals surface area contributed by atoms with Gasteiger partial charge in [-0.15, -0.1) is 0 Å². The van der Waals surface area contributed by atoms with Gasteiger partial charge in [-0.3, -0.25) is 14.5 Å². The number of nitrogens with zero attached hydrogens (tertiary/aromatic N) is 2. The van der Waals surface area contributed by atoms with E-state index in [1.807, 2.05) is 0 Å². The Kier molecular flexibility index (Phi) is 6.00. The maximum absolute atomic E-state index is 11.5. The largest absolute Gasteiger partial charge is 0.361 e. The van der Waals surface area contributed by atoms with Gasteiger partial charge in [0.15, 0.2) is 0 Å². The van der Waals surface area contributed by atoms with Crippen molar-refractivity contribution < 1.29 is 9.59 Å². The number of imide groups is 1. The molecule has 3 heterocycles. The van der Waals surface area contributed by atoms with Crippen molar-refractivity contribution >= 4 is 22.7 Å². The number of aromatic nitrogens is 1. The van der Waals surface area contributed by atoms with Crippen molar-refractivity contribution in [1.82, 2.24) is 14.8 Å². The molecule has 5 heteroatoms. The lowest BCUT2D eigenvalue weighted by Crippen LogP contribution is -2.32. The standard InChI is InChI=1S/C15H20N2.C10H9NO2/c1-2-17-9-7-12(8-10-17)14-11-16-15-6-4-3-5-13(14)15;1-2-11-9(12)7-5-3-4-6-8(7)10(11)13/h3-6,11-12,16H,2,7-10H2,1H3;3-6H,2H2,1H3. The third kappa shape index (κ3) is 3.77. The van der Waals surface area contributed by atoms with Crippen LogP contribution >= 0.6 is 0 Å². The number of fused-ring (bicyclic) bond motifs is 2. The normalized spacial score (nSPS) is 17.2. The SMILES string of the molecule is CCN1C(=O)c2ccccc2C1=O.CCN1CCC(c2c[nH]c3ccccc23)CC1. The number of aromatic amines is 1. The second-order valence-corrected chi connectivity index (χ2v) is 7.90. The van der Waals surface area contributed by atoms with Crippen LogP contribution in [0.2, 0.25) is 0 Å². The summed E-state index contributed by atoms with van der Waals surface area (Å²) in [7, 11) is 0. The molecule has 0 saturated carbocycles. The highest BCUT2D eigenvalue weighted by molar-refractivity contribution is 6.21. The van der Waals surface area contributed by atoms with Gasteiger partial charge in [0.2, 0.25) is 0 Å². The predicted octanol–water partition coefficient (Wildman–Crippen LogP) is 4.67. The van der Waals surface area contributed by atoms with Gasteiger partial charge in [-0.05, 0) is 69.1 Å². The van der Waals surface area contributed by atoms with Gasteiger partial charge in [-0.1, -0.05) is 37.3 Å². The molecule has 0 bridgehead atoms. The van der Waals surface area contributed by atoms with Crippen molar-refractivity contribution in [3.05, 3.63) is 71.4 Å². The summed E-state index contributed by atoms with van der Waals surface area (Å²) in [5, 5.41) is 1.42. The van der Waals surface area contributed by atoms with E-state index in [2.05, 4.69) is 47.3 Å². The van der Waals surface area contributed by atoms with E-state index in [0.717, 1.165) is 5.92 Å². The monoisotopic (exact) mass is 403 g/mol. The number of carbonyl (C=O) groups is 2. The van der Waals surface area contributed by atoms with Crippen molar-refractivity contribution in [2.24, 2.45) is 0 Å². The van der Waals surface area contributed by atoms with Crippen LogP contribution in [-0.4, -0.2) is 52.8 Å². The van der Waals surface area contributed by atoms with Gasteiger partial charge in [0.05, 0.1) is 11.1 Å². The van der Waals surface area contributed by atoms with Gasteiger partial charge in [-0.2, -0.15) is 0 Å². The Morgan fingerprint density at radius 2 is 1.47 bits per heavy atom. The summed E-state index contributed by atoms with van der Waals surface area (Å²) in [6.45, 7) is 8.18. The quantitative estimate of drug-likeness (QED) is 0.647. The maximum atomic E-state index is 11.5. The van der Waals surface area contributed by atoms with Crippen molar-refractivity contribution in [3.8, 4) is 0 Å². The molecular formula is C25H29N3O2. The third-order valence-electron chi connectivity index (χ3n) is 6.29. The van der Waals surface area contributed by atoms with Gasteiger partial charge < -0.3 is 9.88 Å². The molecule has 0 spiro atoms. The van der Waals surface area contributed by atoms with Crippen LogP contribution in [0, 0.1) is 0 Å². The molecule has 5 rings (SSSR count). The van der Waals surface area contributed by atoms with Crippen molar-refractivity contribution in [1.29, 1.82) is 0 Å². The molecule has 2 aromatic carbocycles. The van der Waals surface area contributed by atoms with E-state index in [1.165, 1.54) is 53.8 Å². The minimum absolute atomic E-state index is 0.178. The smallest absolute Gasteiger partial charge is 0.261 e. The van der Waals surface area contributed by atoms with Gasteiger partial charge in [0, 0.05) is 23.6 Å². The van der Waals surface area contributed by atoms with Gasteiger partial charge >= 0.3 is 0 Å². The lowest BCUT2D eigenvalue weighted by atomic mass is 9.89. The number of benzene rings is 2. The average molecular weight is 404 g/mol. The second kappa shape index (κ2) is 8.84. The summed E-state index contributed by atoms with van der Waals surface area (Å²) in [5.41, 5.74) is 3.85. The Hall–Kier alpha value is -2.92. The zero-order valence-electron chi connectivity index (χ0n) is 17.7. The molecule has 5 nitrogen and oxygen atoms in total. The van der Waals surface area contributed by atoms with Gasteiger partial charge in [-0.25, -0.2) is 0 Å². The van der Waals surface area contributed by atoms with E-state index in [4.69, 9.17) is 0 Å². The Morgan fingerprint density at radius 1 is 0.867 bits per heavy atom. The van der Waals surface area contributed by atoms with Crippen LogP contribution in [0.3, 0.4) is 0 Å². The average Bonchev–Trinajstić information content (AvgIpc) is 3.34. The molecule has 0 radical (unpaired) electrons. The summed E-state index contributed by atoms with van der Waals surface area (Å²) in [6, 6.07) is 15.6. The number of hydrogen-bond donors (Lipinski definition) is 1. The molecule has 156 valence electrons. The van der Waals surface area contributed by atoms with E-state index in [0.29, 0.717) is 17.7 Å². The maximum Gasteiger partial charge on any atom is 0.261 e. The van der Waals surface area contributed by atoms with Crippen LogP contribution in [0.5, 0.6) is 0 Å². The van der Waals surface area contributed by atoms with Gasteiger partial charge in [0.25, 0.3) is 11.8 Å². The van der Waals surface area contributed by atoms with Crippen LogP contribution in [0.25, 0.3) is 10.9 Å². The Balaban J connectivity index is 0.000000151. The number of likely N-dealkylation sites (tertiary alicyclic amines) is 1. The van der Waals surface area contributed by atoms with Crippen LogP contribution < -0.4 is 0 Å². The summed E-state index contributed by atoms with van der Waals surface area (Å²) in [5.74, 6) is 0.389. The molecule has 1 saturated heterocycles. The molecule has 1 N–H and O–H groups in total. The first-order chi connectivity index (χ1) is 14.6. The number of hydrogen-bond acceptors (Lipinski definition) is 3. The molecule has 1 aromatic heterocycles. The fraction of sp³-hybridized carbons (Fsp3) is 0.360. The second-order valence-electron chi connectivity index (χ2n) is 7.90. The highest BCUT2D eigenvalue weighted by atomic mass is 16.2. The summed E-state index contributed by atoms with van der Waals surface area (Å²) >= 11 is 0. The van der Waals surface area contributed by atoms with Crippen LogP contribution in [0.15, 0.2) is 54.7 Å². The molecule has 2 aliphatic rings. The van der Waals surface area contributed by atoms with Crippen LogP contribution in [0.1, 0.15) is 58.9 Å². The van der Waals surface area contributed by atoms with Crippen molar-refractivity contribution in [3.63, 3.8) is 0 Å². The van der Waals surface area contributed by atoms with Gasteiger partial charge in [0.1, 0.15) is 0 Å². The first-order valence-electron chi connectivity index (χ1n) is 10.9. The molecule has 30 heavy (non-hydrogen) atoms. The number of amides is 2. The molecule has 2 amide bonds. The molecular weight excluding hydrogens is 374 g/mol. The van der Waals surface area contributed by atoms with Crippen LogP contribution in [-0.2, 0) is 0 Å². The Labute approximate surface area is 177 Å². The van der Waals surface area contributed by atoms with Crippen molar-refractivity contribution in [2.75, 3.05) is 26.2 Å². The number of rotatable bonds is 3. The summed E-state index contributed by atoms with van der Waals surface area (Å²) in [4.78, 5) is 30.3. The zero-order valence-corrected chi connectivity index (χ0v) is 17.7. The minimum Gasteiger partial charge on any atom is -0.361 e. The predicted molar refractivity (Wildman–Crippen MR) is 120 cm³/mol.